The van der Waals surface area contributed by atoms with E-state index in [1.54, 1.807) is 30.3 Å². The zero-order valence-electron chi connectivity index (χ0n) is 7.14. The maximum atomic E-state index is 11.3. The molecule has 0 aliphatic rings. The molecule has 2 aromatic rings. The molecular weight excluding hydrogens is 180 g/mol. The molecule has 0 spiro atoms. The van der Waals surface area contributed by atoms with E-state index < -0.39 is 5.56 Å². The third-order valence-corrected chi connectivity index (χ3v) is 2.03. The van der Waals surface area contributed by atoms with Gasteiger partial charge in [-0.1, -0.05) is 24.3 Å². The van der Waals surface area contributed by atoms with Crippen LogP contribution in [0.4, 0.5) is 0 Å². The molecule has 0 saturated heterocycles. The molecule has 1 heterocycles. The molecular formula is C10H6N2O2. The van der Waals surface area contributed by atoms with E-state index in [0.29, 0.717) is 15.5 Å². The second kappa shape index (κ2) is 2.89. The van der Waals surface area contributed by atoms with E-state index in [1.165, 1.54) is 6.20 Å². The van der Waals surface area contributed by atoms with Crippen LogP contribution < -0.4 is 5.56 Å². The summed E-state index contributed by atoms with van der Waals surface area (Å²) in [4.78, 5) is 11.3. The molecule has 4 heteroatoms. The van der Waals surface area contributed by atoms with Crippen LogP contribution in [0, 0.1) is 11.3 Å². The van der Waals surface area contributed by atoms with E-state index in [4.69, 9.17) is 5.26 Å². The summed E-state index contributed by atoms with van der Waals surface area (Å²) >= 11 is 0. The fourth-order valence-corrected chi connectivity index (χ4v) is 1.37. The SMILES string of the molecule is N#Cc1c(=O)n(O)cc2ccccc12. The molecule has 1 aromatic heterocycles. The first kappa shape index (κ1) is 8.32. The van der Waals surface area contributed by atoms with Gasteiger partial charge in [0.05, 0.1) is 6.20 Å². The lowest BCUT2D eigenvalue weighted by Crippen LogP contribution is -2.19. The fraction of sp³-hybridized carbons (Fsp3) is 0. The molecule has 2 rings (SSSR count). The first-order chi connectivity index (χ1) is 6.74. The van der Waals surface area contributed by atoms with Crippen LogP contribution in [-0.2, 0) is 0 Å². The highest BCUT2D eigenvalue weighted by molar-refractivity contribution is 5.86. The van der Waals surface area contributed by atoms with Crippen molar-refractivity contribution in [2.24, 2.45) is 0 Å². The third-order valence-electron chi connectivity index (χ3n) is 2.03. The second-order valence-corrected chi connectivity index (χ2v) is 2.85. The molecule has 4 nitrogen and oxygen atoms in total. The molecule has 0 radical (unpaired) electrons. The van der Waals surface area contributed by atoms with Gasteiger partial charge < -0.3 is 5.21 Å². The zero-order valence-corrected chi connectivity index (χ0v) is 7.14. The summed E-state index contributed by atoms with van der Waals surface area (Å²) in [7, 11) is 0. The molecule has 14 heavy (non-hydrogen) atoms. The largest absolute Gasteiger partial charge is 0.425 e. The Bertz CT molecular complexity index is 593. The van der Waals surface area contributed by atoms with Crippen molar-refractivity contribution >= 4 is 10.8 Å². The predicted molar refractivity (Wildman–Crippen MR) is 50.1 cm³/mol. The number of benzene rings is 1. The van der Waals surface area contributed by atoms with Crippen LogP contribution in [0.5, 0.6) is 0 Å². The molecule has 0 aliphatic heterocycles. The molecule has 0 unspecified atom stereocenters. The summed E-state index contributed by atoms with van der Waals surface area (Å²) in [5.41, 5.74) is -0.725. The molecule has 0 fully saturated rings. The van der Waals surface area contributed by atoms with Crippen molar-refractivity contribution in [2.75, 3.05) is 0 Å². The minimum absolute atomic E-state index is 0.0365. The highest BCUT2D eigenvalue weighted by Gasteiger charge is 2.07. The van der Waals surface area contributed by atoms with Gasteiger partial charge >= 0.3 is 5.56 Å². The molecule has 0 atom stereocenters. The van der Waals surface area contributed by atoms with Crippen LogP contribution in [0.1, 0.15) is 5.56 Å². The highest BCUT2D eigenvalue weighted by Crippen LogP contribution is 2.13. The van der Waals surface area contributed by atoms with Crippen LogP contribution in [0.2, 0.25) is 0 Å². The van der Waals surface area contributed by atoms with Crippen molar-refractivity contribution < 1.29 is 5.21 Å². The van der Waals surface area contributed by atoms with Crippen molar-refractivity contribution in [1.82, 2.24) is 4.73 Å². The van der Waals surface area contributed by atoms with Crippen LogP contribution in [0.25, 0.3) is 10.8 Å². The lowest BCUT2D eigenvalue weighted by atomic mass is 10.1. The van der Waals surface area contributed by atoms with Gasteiger partial charge in [0.2, 0.25) is 0 Å². The van der Waals surface area contributed by atoms with Gasteiger partial charge in [-0.2, -0.15) is 9.99 Å². The summed E-state index contributed by atoms with van der Waals surface area (Å²) in [6.45, 7) is 0. The molecule has 0 amide bonds. The van der Waals surface area contributed by atoms with Crippen molar-refractivity contribution in [2.45, 2.75) is 0 Å². The van der Waals surface area contributed by atoms with Gasteiger partial charge in [0.15, 0.2) is 0 Å². The number of aromatic nitrogens is 1. The Balaban J connectivity index is 3.06. The van der Waals surface area contributed by atoms with E-state index >= 15 is 0 Å². The van der Waals surface area contributed by atoms with Gasteiger partial charge in [0.25, 0.3) is 0 Å². The van der Waals surface area contributed by atoms with Gasteiger partial charge in [0, 0.05) is 10.8 Å². The molecule has 1 aromatic carbocycles. The summed E-state index contributed by atoms with van der Waals surface area (Å²) in [6.07, 6.45) is 1.29. The normalized spacial score (nSPS) is 9.93. The Labute approximate surface area is 79.2 Å². The molecule has 0 bridgehead atoms. The van der Waals surface area contributed by atoms with Gasteiger partial charge in [-0.3, -0.25) is 4.79 Å². The number of hydrogen-bond donors (Lipinski definition) is 1. The number of nitrogens with zero attached hydrogens (tertiary/aromatic N) is 2. The van der Waals surface area contributed by atoms with Crippen molar-refractivity contribution in [3.8, 4) is 6.07 Å². The van der Waals surface area contributed by atoms with Gasteiger partial charge in [0.1, 0.15) is 11.6 Å². The summed E-state index contributed by atoms with van der Waals surface area (Å²) < 4.78 is 0.431. The van der Waals surface area contributed by atoms with Crippen LogP contribution in [0.3, 0.4) is 0 Å². The van der Waals surface area contributed by atoms with Crippen molar-refractivity contribution in [1.29, 1.82) is 5.26 Å². The Morgan fingerprint density at radius 3 is 2.79 bits per heavy atom. The topological polar surface area (TPSA) is 66.0 Å². The molecule has 1 N–H and O–H groups in total. The quantitative estimate of drug-likeness (QED) is 0.626. The summed E-state index contributed by atoms with van der Waals surface area (Å²) in [5, 5.41) is 19.2. The lowest BCUT2D eigenvalue weighted by Gasteiger charge is -2.01. The van der Waals surface area contributed by atoms with Gasteiger partial charge in [-0.25, -0.2) is 0 Å². The first-order valence-corrected chi connectivity index (χ1v) is 3.98. The number of pyridine rings is 1. The van der Waals surface area contributed by atoms with Gasteiger partial charge in [-0.15, -0.1) is 0 Å². The lowest BCUT2D eigenvalue weighted by molar-refractivity contribution is 0.176. The van der Waals surface area contributed by atoms with E-state index in [2.05, 4.69) is 0 Å². The Morgan fingerprint density at radius 2 is 2.07 bits per heavy atom. The van der Waals surface area contributed by atoms with Crippen LogP contribution >= 0.6 is 0 Å². The average Bonchev–Trinajstić information content (AvgIpc) is 2.20. The van der Waals surface area contributed by atoms with Crippen LogP contribution in [-0.4, -0.2) is 9.94 Å². The minimum Gasteiger partial charge on any atom is -0.425 e. The Kier molecular flexibility index (Phi) is 1.72. The number of nitriles is 1. The summed E-state index contributed by atoms with van der Waals surface area (Å²) in [6, 6.07) is 8.70. The average molecular weight is 186 g/mol. The Morgan fingerprint density at radius 1 is 1.36 bits per heavy atom. The molecule has 68 valence electrons. The van der Waals surface area contributed by atoms with E-state index in [9.17, 15) is 10.0 Å². The van der Waals surface area contributed by atoms with Gasteiger partial charge in [-0.05, 0) is 0 Å². The predicted octanol–water partition coefficient (Wildman–Crippen LogP) is 1.11. The van der Waals surface area contributed by atoms with E-state index in [1.807, 2.05) is 0 Å². The smallest absolute Gasteiger partial charge is 0.301 e. The number of hydrogen-bond acceptors (Lipinski definition) is 3. The van der Waals surface area contributed by atoms with E-state index in [0.717, 1.165) is 0 Å². The second-order valence-electron chi connectivity index (χ2n) is 2.85. The minimum atomic E-state index is -0.689. The van der Waals surface area contributed by atoms with Crippen molar-refractivity contribution in [3.05, 3.63) is 46.4 Å². The molecule has 0 saturated carbocycles. The fourth-order valence-electron chi connectivity index (χ4n) is 1.37. The zero-order chi connectivity index (χ0) is 10.1. The Hall–Kier alpha value is -2.28. The monoisotopic (exact) mass is 186 g/mol. The van der Waals surface area contributed by atoms with Crippen LogP contribution in [0.15, 0.2) is 35.3 Å². The molecule has 0 aliphatic carbocycles. The number of rotatable bonds is 0. The summed E-state index contributed by atoms with van der Waals surface area (Å²) in [5.74, 6) is 0. The first-order valence-electron chi connectivity index (χ1n) is 3.98. The van der Waals surface area contributed by atoms with E-state index in [-0.39, 0.29) is 5.56 Å². The maximum absolute atomic E-state index is 11.3. The van der Waals surface area contributed by atoms with Crippen molar-refractivity contribution in [3.63, 3.8) is 0 Å². The third kappa shape index (κ3) is 1.04. The highest BCUT2D eigenvalue weighted by atomic mass is 16.5. The maximum Gasteiger partial charge on any atom is 0.301 e. The standard InChI is InChI=1S/C10H6N2O2/c11-5-9-8-4-2-1-3-7(8)6-12(14)10(9)13/h1-4,6,14H. The number of fused-ring (bicyclic) bond motifs is 1.